The number of anilines is 2. The van der Waals surface area contributed by atoms with Gasteiger partial charge in [0.1, 0.15) is 12.3 Å². The van der Waals surface area contributed by atoms with Crippen LogP contribution in [0, 0.1) is 0 Å². The minimum atomic E-state index is -0.667. The van der Waals surface area contributed by atoms with E-state index in [1.807, 2.05) is 66.0 Å². The zero-order valence-electron chi connectivity index (χ0n) is 19.1. The van der Waals surface area contributed by atoms with Gasteiger partial charge in [-0.1, -0.05) is 43.3 Å². The first-order valence-corrected chi connectivity index (χ1v) is 12.3. The van der Waals surface area contributed by atoms with E-state index in [2.05, 4.69) is 12.2 Å². The van der Waals surface area contributed by atoms with E-state index in [0.29, 0.717) is 11.4 Å². The molecule has 1 unspecified atom stereocenters. The molecule has 2 heterocycles. The zero-order valence-corrected chi connectivity index (χ0v) is 19.9. The normalized spacial score (nSPS) is 15.2. The second-order valence-corrected chi connectivity index (χ2v) is 9.26. The van der Waals surface area contributed by atoms with Crippen molar-refractivity contribution < 1.29 is 14.3 Å². The summed E-state index contributed by atoms with van der Waals surface area (Å²) in [5.41, 5.74) is 3.06. The average molecular weight is 472 g/mol. The Labute approximate surface area is 202 Å². The van der Waals surface area contributed by atoms with Gasteiger partial charge in [0, 0.05) is 22.0 Å². The summed E-state index contributed by atoms with van der Waals surface area (Å²) in [4.78, 5) is 32.3. The highest BCUT2D eigenvalue weighted by molar-refractivity contribution is 7.09. The molecule has 6 nitrogen and oxygen atoms in total. The number of ether oxygens (including phenoxy) is 1. The van der Waals surface area contributed by atoms with Crippen molar-refractivity contribution in [1.29, 1.82) is 0 Å². The molecule has 0 saturated carbocycles. The summed E-state index contributed by atoms with van der Waals surface area (Å²) in [6.07, 6.45) is 1.31. The molecule has 1 aromatic heterocycles. The molecule has 0 spiro atoms. The van der Waals surface area contributed by atoms with Gasteiger partial charge in [-0.25, -0.2) is 4.98 Å². The van der Waals surface area contributed by atoms with Gasteiger partial charge in [-0.15, -0.1) is 11.3 Å². The monoisotopic (exact) mass is 471 g/mol. The topological polar surface area (TPSA) is 71.5 Å². The number of nitrogens with one attached hydrogen (secondary N) is 1. The molecule has 1 aliphatic heterocycles. The van der Waals surface area contributed by atoms with E-state index in [1.54, 1.807) is 18.3 Å². The van der Waals surface area contributed by atoms with Crippen molar-refractivity contribution in [1.82, 2.24) is 4.98 Å². The van der Waals surface area contributed by atoms with Crippen LogP contribution in [0.4, 0.5) is 11.4 Å². The van der Waals surface area contributed by atoms with Crippen molar-refractivity contribution in [2.24, 2.45) is 0 Å². The fourth-order valence-electron chi connectivity index (χ4n) is 4.17. The van der Waals surface area contributed by atoms with Crippen molar-refractivity contribution in [2.75, 3.05) is 16.8 Å². The lowest BCUT2D eigenvalue weighted by Crippen LogP contribution is -2.47. The highest BCUT2D eigenvalue weighted by atomic mass is 32.1. The van der Waals surface area contributed by atoms with E-state index in [9.17, 15) is 9.59 Å². The van der Waals surface area contributed by atoms with Crippen LogP contribution in [-0.4, -0.2) is 29.4 Å². The lowest BCUT2D eigenvalue weighted by Gasteiger charge is -2.33. The maximum Gasteiger partial charge on any atom is 0.268 e. The summed E-state index contributed by atoms with van der Waals surface area (Å²) in [7, 11) is 0. The first-order chi connectivity index (χ1) is 16.5. The molecule has 0 bridgehead atoms. The average Bonchev–Trinajstić information content (AvgIpc) is 3.31. The van der Waals surface area contributed by atoms with Crippen molar-refractivity contribution in [3.05, 3.63) is 71.1 Å². The maximum absolute atomic E-state index is 13.1. The quantitative estimate of drug-likeness (QED) is 0.393. The number of amides is 2. The number of carbonyl (C=O) groups excluding carboxylic acids is 2. The third kappa shape index (κ3) is 4.26. The smallest absolute Gasteiger partial charge is 0.268 e. The van der Waals surface area contributed by atoms with Crippen LogP contribution in [0.15, 0.2) is 66.0 Å². The van der Waals surface area contributed by atoms with E-state index in [0.717, 1.165) is 45.6 Å². The fraction of sp³-hybridized carbons (Fsp3) is 0.222. The van der Waals surface area contributed by atoms with Crippen molar-refractivity contribution in [3.8, 4) is 17.0 Å². The molecular formula is C27H25N3O3S. The minimum absolute atomic E-state index is 0.107. The van der Waals surface area contributed by atoms with Gasteiger partial charge in [0.25, 0.3) is 5.91 Å². The molecule has 1 aliphatic rings. The van der Waals surface area contributed by atoms with Crippen LogP contribution in [0.25, 0.3) is 22.0 Å². The molecule has 34 heavy (non-hydrogen) atoms. The van der Waals surface area contributed by atoms with Gasteiger partial charge in [0.05, 0.1) is 16.4 Å². The Balaban J connectivity index is 1.43. The van der Waals surface area contributed by atoms with Crippen LogP contribution in [0.3, 0.4) is 0 Å². The van der Waals surface area contributed by atoms with Crippen LogP contribution in [-0.2, 0) is 16.0 Å². The second kappa shape index (κ2) is 9.27. The van der Waals surface area contributed by atoms with Gasteiger partial charge in [-0.05, 0) is 49.4 Å². The van der Waals surface area contributed by atoms with Gasteiger partial charge in [0.15, 0.2) is 6.10 Å². The first-order valence-electron chi connectivity index (χ1n) is 11.4. The molecular weight excluding hydrogens is 446 g/mol. The van der Waals surface area contributed by atoms with Crippen molar-refractivity contribution in [3.63, 3.8) is 0 Å². The molecule has 5 rings (SSSR count). The zero-order chi connectivity index (χ0) is 23.7. The van der Waals surface area contributed by atoms with Crippen LogP contribution >= 0.6 is 11.3 Å². The Morgan fingerprint density at radius 1 is 1.15 bits per heavy atom. The van der Waals surface area contributed by atoms with Gasteiger partial charge in [-0.3, -0.25) is 14.5 Å². The van der Waals surface area contributed by atoms with E-state index in [4.69, 9.17) is 9.72 Å². The number of aryl methyl sites for hydroxylation is 1. The molecule has 0 fully saturated rings. The van der Waals surface area contributed by atoms with Crippen LogP contribution in [0.2, 0.25) is 0 Å². The summed E-state index contributed by atoms with van der Waals surface area (Å²) in [5, 5.41) is 8.08. The number of hydrogen-bond acceptors (Lipinski definition) is 5. The number of nitrogens with zero attached hydrogens (tertiary/aromatic N) is 2. The Bertz CT molecular complexity index is 1380. The number of thiazole rings is 1. The minimum Gasteiger partial charge on any atom is -0.479 e. The molecule has 1 N–H and O–H groups in total. The molecule has 2 amide bonds. The number of carbonyl (C=O) groups is 2. The number of rotatable bonds is 6. The summed E-state index contributed by atoms with van der Waals surface area (Å²) in [6.45, 7) is 3.72. The number of hydrogen-bond donors (Lipinski definition) is 1. The molecule has 4 aromatic rings. The van der Waals surface area contributed by atoms with E-state index in [1.165, 1.54) is 4.90 Å². The van der Waals surface area contributed by atoms with E-state index >= 15 is 0 Å². The lowest BCUT2D eigenvalue weighted by atomic mass is 10.1. The highest BCUT2D eigenvalue weighted by Crippen LogP contribution is 2.38. The molecule has 0 radical (unpaired) electrons. The number of benzene rings is 3. The molecule has 7 heteroatoms. The third-order valence-electron chi connectivity index (χ3n) is 5.84. The van der Waals surface area contributed by atoms with Crippen molar-refractivity contribution >= 4 is 45.3 Å². The fourth-order valence-corrected chi connectivity index (χ4v) is 5.08. The van der Waals surface area contributed by atoms with Crippen LogP contribution in [0.1, 0.15) is 25.3 Å². The molecule has 172 valence electrons. The van der Waals surface area contributed by atoms with Crippen molar-refractivity contribution in [2.45, 2.75) is 32.8 Å². The van der Waals surface area contributed by atoms with E-state index < -0.39 is 6.10 Å². The SMILES string of the molecule is CCCc1nc(-c2ccc3c(c2)N(CC(=O)Nc2cccc4ccccc24)C(=O)C(C)O3)cs1. The van der Waals surface area contributed by atoms with Crippen LogP contribution < -0.4 is 15.0 Å². The standard InChI is InChI=1S/C27H25N3O3S/c1-3-7-26-29-22(16-34-26)19-12-13-24-23(14-19)30(27(32)17(2)33-24)15-25(31)28-21-11-6-9-18-8-4-5-10-20(18)21/h4-6,8-14,16-17H,3,7,15H2,1-2H3,(H,28,31). The molecule has 1 atom stereocenters. The number of fused-ring (bicyclic) bond motifs is 2. The largest absolute Gasteiger partial charge is 0.479 e. The Hall–Kier alpha value is -3.71. The second-order valence-electron chi connectivity index (χ2n) is 8.32. The molecule has 0 saturated heterocycles. The lowest BCUT2D eigenvalue weighted by molar-refractivity contribution is -0.127. The molecule has 0 aliphatic carbocycles. The van der Waals surface area contributed by atoms with Gasteiger partial charge >= 0.3 is 0 Å². The third-order valence-corrected chi connectivity index (χ3v) is 6.75. The predicted molar refractivity (Wildman–Crippen MR) is 137 cm³/mol. The van der Waals surface area contributed by atoms with Gasteiger partial charge in [0.2, 0.25) is 5.91 Å². The summed E-state index contributed by atoms with van der Waals surface area (Å²) in [6, 6.07) is 19.3. The predicted octanol–water partition coefficient (Wildman–Crippen LogP) is 5.67. The summed E-state index contributed by atoms with van der Waals surface area (Å²) < 4.78 is 5.83. The van der Waals surface area contributed by atoms with E-state index in [-0.39, 0.29) is 18.4 Å². The Morgan fingerprint density at radius 2 is 1.97 bits per heavy atom. The Morgan fingerprint density at radius 3 is 2.82 bits per heavy atom. The van der Waals surface area contributed by atoms with Crippen LogP contribution in [0.5, 0.6) is 5.75 Å². The Kier molecular flexibility index (Phi) is 6.02. The highest BCUT2D eigenvalue weighted by Gasteiger charge is 2.33. The summed E-state index contributed by atoms with van der Waals surface area (Å²) >= 11 is 1.63. The first kappa shape index (κ1) is 22.1. The number of aromatic nitrogens is 1. The van der Waals surface area contributed by atoms with Gasteiger partial charge in [-0.2, -0.15) is 0 Å². The maximum atomic E-state index is 13.1. The molecule has 3 aromatic carbocycles. The van der Waals surface area contributed by atoms with Gasteiger partial charge < -0.3 is 10.1 Å². The summed E-state index contributed by atoms with van der Waals surface area (Å²) in [5.74, 6) is 0.0644.